The van der Waals surface area contributed by atoms with Gasteiger partial charge in [-0.25, -0.2) is 17.2 Å². The van der Waals surface area contributed by atoms with Crippen LogP contribution in [0.2, 0.25) is 0 Å². The maximum Gasteiger partial charge on any atom is 0.256 e. The largest absolute Gasteiger partial charge is 0.378 e. The number of benzene rings is 2. The molecule has 1 fully saturated rings. The Hall–Kier alpha value is -2.91. The second kappa shape index (κ2) is 7.73. The summed E-state index contributed by atoms with van der Waals surface area (Å²) >= 11 is 0. The van der Waals surface area contributed by atoms with Crippen LogP contribution >= 0.6 is 0 Å². The van der Waals surface area contributed by atoms with Crippen molar-refractivity contribution >= 4 is 26.6 Å². The summed E-state index contributed by atoms with van der Waals surface area (Å²) in [6.07, 6.45) is 1.18. The lowest BCUT2D eigenvalue weighted by Gasteiger charge is -2.27. The van der Waals surface area contributed by atoms with E-state index in [0.29, 0.717) is 26.3 Å². The molecule has 0 unspecified atom stereocenters. The van der Waals surface area contributed by atoms with E-state index >= 15 is 0 Å². The molecule has 0 spiro atoms. The predicted octanol–water partition coefficient (Wildman–Crippen LogP) is 3.13. The van der Waals surface area contributed by atoms with Crippen molar-refractivity contribution in [2.45, 2.75) is 16.7 Å². The number of hydrogen-bond acceptors (Lipinski definition) is 5. The van der Waals surface area contributed by atoms with Crippen molar-refractivity contribution in [3.8, 4) is 0 Å². The molecular formula is C21H18F2N2O4S. The number of morpholine rings is 1. The lowest BCUT2D eigenvalue weighted by Crippen LogP contribution is -2.41. The number of ether oxygens (including phenoxy) is 1. The Morgan fingerprint density at radius 3 is 2.53 bits per heavy atom. The standard InChI is InChI=1S/C21H18F2N2O4S/c1-13-2-4-15(11-18(13)23)30(27,28)20-16-10-14(22)3-5-19(16)24-12-17(20)21(26)25-6-8-29-9-7-25/h2-5,10-12H,6-9H2,1H3. The third-order valence-electron chi connectivity index (χ3n) is 5.03. The van der Waals surface area contributed by atoms with E-state index in [4.69, 9.17) is 4.74 Å². The van der Waals surface area contributed by atoms with Crippen molar-refractivity contribution in [2.75, 3.05) is 26.3 Å². The van der Waals surface area contributed by atoms with Crippen molar-refractivity contribution in [1.29, 1.82) is 0 Å². The summed E-state index contributed by atoms with van der Waals surface area (Å²) in [4.78, 5) is 18.1. The minimum Gasteiger partial charge on any atom is -0.378 e. The number of carbonyl (C=O) groups excluding carboxylic acids is 1. The van der Waals surface area contributed by atoms with Gasteiger partial charge in [0.15, 0.2) is 0 Å². The number of amides is 1. The molecular weight excluding hydrogens is 414 g/mol. The van der Waals surface area contributed by atoms with Crippen molar-refractivity contribution in [3.63, 3.8) is 0 Å². The maximum absolute atomic E-state index is 14.1. The Kier molecular flexibility index (Phi) is 5.25. The summed E-state index contributed by atoms with van der Waals surface area (Å²) in [6.45, 7) is 2.74. The summed E-state index contributed by atoms with van der Waals surface area (Å²) in [7, 11) is -4.36. The van der Waals surface area contributed by atoms with Gasteiger partial charge < -0.3 is 9.64 Å². The molecule has 0 N–H and O–H groups in total. The number of aromatic nitrogens is 1. The smallest absolute Gasteiger partial charge is 0.256 e. The third-order valence-corrected chi connectivity index (χ3v) is 6.88. The van der Waals surface area contributed by atoms with E-state index in [9.17, 15) is 22.0 Å². The van der Waals surface area contributed by atoms with Gasteiger partial charge in [0, 0.05) is 24.7 Å². The van der Waals surface area contributed by atoms with Crippen LogP contribution in [0.1, 0.15) is 15.9 Å². The zero-order valence-electron chi connectivity index (χ0n) is 16.1. The van der Waals surface area contributed by atoms with Crippen LogP contribution in [0.4, 0.5) is 8.78 Å². The van der Waals surface area contributed by atoms with E-state index in [0.717, 1.165) is 18.2 Å². The molecule has 0 aliphatic carbocycles. The number of sulfone groups is 1. The Balaban J connectivity index is 1.98. The number of fused-ring (bicyclic) bond motifs is 1. The summed E-state index contributed by atoms with van der Waals surface area (Å²) in [5, 5.41) is -0.0323. The van der Waals surface area contributed by atoms with Gasteiger partial charge >= 0.3 is 0 Å². The van der Waals surface area contributed by atoms with Gasteiger partial charge in [0.25, 0.3) is 5.91 Å². The van der Waals surface area contributed by atoms with Gasteiger partial charge in [-0.1, -0.05) is 6.07 Å². The van der Waals surface area contributed by atoms with Crippen LogP contribution in [0.3, 0.4) is 0 Å². The van der Waals surface area contributed by atoms with Gasteiger partial charge in [-0.15, -0.1) is 0 Å². The van der Waals surface area contributed by atoms with Crippen LogP contribution in [-0.4, -0.2) is 50.5 Å². The summed E-state index contributed by atoms with van der Waals surface area (Å²) in [5.74, 6) is -1.92. The molecule has 0 radical (unpaired) electrons. The van der Waals surface area contributed by atoms with Crippen molar-refractivity contribution in [1.82, 2.24) is 9.88 Å². The first kappa shape index (κ1) is 20.4. The fourth-order valence-electron chi connectivity index (χ4n) is 3.38. The number of pyridine rings is 1. The highest BCUT2D eigenvalue weighted by Gasteiger charge is 2.31. The first-order valence-corrected chi connectivity index (χ1v) is 10.7. The highest BCUT2D eigenvalue weighted by atomic mass is 32.2. The quantitative estimate of drug-likeness (QED) is 0.636. The number of aryl methyl sites for hydroxylation is 1. The molecule has 1 aliphatic rings. The lowest BCUT2D eigenvalue weighted by molar-refractivity contribution is 0.0300. The number of carbonyl (C=O) groups is 1. The summed E-state index contributed by atoms with van der Waals surface area (Å²) in [6, 6.07) is 7.02. The molecule has 6 nitrogen and oxygen atoms in total. The maximum atomic E-state index is 14.1. The van der Waals surface area contributed by atoms with Crippen molar-refractivity contribution in [2.24, 2.45) is 0 Å². The molecule has 0 saturated carbocycles. The second-order valence-electron chi connectivity index (χ2n) is 6.98. The van der Waals surface area contributed by atoms with Crippen LogP contribution in [0.5, 0.6) is 0 Å². The Bertz CT molecular complexity index is 1260. The van der Waals surface area contributed by atoms with Gasteiger partial charge in [0.05, 0.1) is 34.1 Å². The fraction of sp³-hybridized carbons (Fsp3) is 0.238. The third kappa shape index (κ3) is 3.54. The minimum absolute atomic E-state index is 0.0323. The van der Waals surface area contributed by atoms with Crippen molar-refractivity contribution < 1.29 is 26.7 Å². The molecule has 2 heterocycles. The highest BCUT2D eigenvalue weighted by Crippen LogP contribution is 2.32. The van der Waals surface area contributed by atoms with Crippen LogP contribution in [0, 0.1) is 18.6 Å². The number of rotatable bonds is 3. The molecule has 2 aromatic carbocycles. The Morgan fingerprint density at radius 2 is 1.83 bits per heavy atom. The van der Waals surface area contributed by atoms with Gasteiger partial charge in [-0.05, 0) is 42.8 Å². The highest BCUT2D eigenvalue weighted by molar-refractivity contribution is 7.91. The molecule has 30 heavy (non-hydrogen) atoms. The zero-order chi connectivity index (χ0) is 21.5. The zero-order valence-corrected chi connectivity index (χ0v) is 16.9. The number of halogens is 2. The van der Waals surface area contributed by atoms with E-state index in [1.54, 1.807) is 0 Å². The lowest BCUT2D eigenvalue weighted by atomic mass is 10.1. The average Bonchev–Trinajstić information content (AvgIpc) is 2.74. The number of nitrogens with zero attached hydrogens (tertiary/aromatic N) is 2. The van der Waals surface area contributed by atoms with Crippen molar-refractivity contribution in [3.05, 3.63) is 65.4 Å². The van der Waals surface area contributed by atoms with Crippen LogP contribution < -0.4 is 0 Å². The topological polar surface area (TPSA) is 76.6 Å². The average molecular weight is 432 g/mol. The second-order valence-corrected chi connectivity index (χ2v) is 8.87. The summed E-state index contributed by atoms with van der Waals surface area (Å²) in [5.41, 5.74) is 0.307. The van der Waals surface area contributed by atoms with E-state index in [2.05, 4.69) is 4.98 Å². The molecule has 4 rings (SSSR count). The Morgan fingerprint density at radius 1 is 1.10 bits per heavy atom. The van der Waals surface area contributed by atoms with Gasteiger partial charge in [0.1, 0.15) is 11.6 Å². The molecule has 3 aromatic rings. The molecule has 156 valence electrons. The van der Waals surface area contributed by atoms with Gasteiger partial charge in [-0.2, -0.15) is 0 Å². The monoisotopic (exact) mass is 432 g/mol. The fourth-order valence-corrected chi connectivity index (χ4v) is 5.00. The van der Waals surface area contributed by atoms with E-state index in [-0.39, 0.29) is 31.8 Å². The molecule has 1 aliphatic heterocycles. The van der Waals surface area contributed by atoms with E-state index in [1.807, 2.05) is 0 Å². The van der Waals surface area contributed by atoms with Crippen LogP contribution in [-0.2, 0) is 14.6 Å². The van der Waals surface area contributed by atoms with E-state index < -0.39 is 27.4 Å². The molecule has 1 aromatic heterocycles. The molecule has 1 saturated heterocycles. The minimum atomic E-state index is -4.36. The number of hydrogen-bond donors (Lipinski definition) is 0. The normalized spacial score (nSPS) is 14.8. The van der Waals surface area contributed by atoms with Gasteiger partial charge in [0.2, 0.25) is 9.84 Å². The molecule has 9 heteroatoms. The molecule has 0 bridgehead atoms. The first-order valence-electron chi connectivity index (χ1n) is 9.25. The molecule has 1 amide bonds. The Labute approximate surface area is 172 Å². The van der Waals surface area contributed by atoms with E-state index in [1.165, 1.54) is 36.2 Å². The first-order chi connectivity index (χ1) is 14.3. The van der Waals surface area contributed by atoms with Gasteiger partial charge in [-0.3, -0.25) is 9.78 Å². The van der Waals surface area contributed by atoms with Crippen LogP contribution in [0.15, 0.2) is 52.4 Å². The SMILES string of the molecule is Cc1ccc(S(=O)(=O)c2c(C(=O)N3CCOCC3)cnc3ccc(F)cc23)cc1F. The predicted molar refractivity (Wildman–Crippen MR) is 105 cm³/mol. The summed E-state index contributed by atoms with van der Waals surface area (Å²) < 4.78 is 60.4. The van der Waals surface area contributed by atoms with Crippen LogP contribution in [0.25, 0.3) is 10.9 Å². The molecule has 0 atom stereocenters.